The molecule has 7 nitrogen and oxygen atoms in total. The number of benzene rings is 2. The third kappa shape index (κ3) is 6.70. The molecule has 1 heterocycles. The number of ether oxygens (including phenoxy) is 1. The van der Waals surface area contributed by atoms with E-state index in [0.717, 1.165) is 48.3 Å². The summed E-state index contributed by atoms with van der Waals surface area (Å²) in [5, 5.41) is 5.56. The number of likely N-dealkylation sites (N-methyl/N-ethyl adjacent to an activating group) is 1. The number of hydrogen-bond acceptors (Lipinski definition) is 6. The Balaban J connectivity index is 1.59. The van der Waals surface area contributed by atoms with Gasteiger partial charge < -0.3 is 14.9 Å². The molecule has 0 bridgehead atoms. The van der Waals surface area contributed by atoms with Gasteiger partial charge in [0.15, 0.2) is 0 Å². The maximum Gasteiger partial charge on any atom is 0.330 e. The van der Waals surface area contributed by atoms with Crippen LogP contribution in [0.4, 0.5) is 0 Å². The minimum absolute atomic E-state index is 0.311. The molecule has 0 aliphatic rings. The monoisotopic (exact) mass is 462 g/mol. The fourth-order valence-electron chi connectivity index (χ4n) is 3.88. The van der Waals surface area contributed by atoms with Crippen molar-refractivity contribution in [3.8, 4) is 11.5 Å². The first-order valence-corrected chi connectivity index (χ1v) is 11.8. The summed E-state index contributed by atoms with van der Waals surface area (Å²) in [4.78, 5) is 17.1. The van der Waals surface area contributed by atoms with E-state index in [9.17, 15) is 4.79 Å². The molecule has 180 valence electrons. The van der Waals surface area contributed by atoms with E-state index in [1.54, 1.807) is 19.0 Å². The first-order valence-electron chi connectivity index (χ1n) is 11.8. The number of rotatable bonds is 12. The number of carbonyl (C=O) groups is 1. The number of carbonyl (C=O) groups excluding carboxylic acids is 1. The molecule has 0 radical (unpaired) electrons. The minimum Gasteiger partial charge on any atom is -0.464 e. The molecule has 2 N–H and O–H groups in total. The summed E-state index contributed by atoms with van der Waals surface area (Å²) in [6.07, 6.45) is 5.29. The summed E-state index contributed by atoms with van der Waals surface area (Å²) in [6.45, 7) is 4.21. The van der Waals surface area contributed by atoms with Crippen molar-refractivity contribution in [1.29, 1.82) is 0 Å². The third-order valence-electron chi connectivity index (χ3n) is 5.71. The topological polar surface area (TPSA) is 94.0 Å². The molecular formula is C27H34N4O3. The van der Waals surface area contributed by atoms with Gasteiger partial charge in [0.1, 0.15) is 18.1 Å². The lowest BCUT2D eigenvalue weighted by Crippen LogP contribution is -2.38. The third-order valence-corrected chi connectivity index (χ3v) is 5.71. The Labute approximate surface area is 201 Å². The molecular weight excluding hydrogens is 428 g/mol. The van der Waals surface area contributed by atoms with Gasteiger partial charge in [-0.15, -0.1) is 0 Å². The number of nitrogens with two attached hydrogens (primary N) is 1. The van der Waals surface area contributed by atoms with Gasteiger partial charge >= 0.3 is 5.97 Å². The van der Waals surface area contributed by atoms with Gasteiger partial charge in [0, 0.05) is 25.5 Å². The first kappa shape index (κ1) is 25.0. The van der Waals surface area contributed by atoms with Crippen molar-refractivity contribution < 1.29 is 13.9 Å². The molecule has 0 aliphatic heterocycles. The van der Waals surface area contributed by atoms with Gasteiger partial charge in [-0.25, -0.2) is 9.78 Å². The maximum absolute atomic E-state index is 12.4. The number of nitrogens with zero attached hydrogens (tertiary/aromatic N) is 3. The molecule has 2 aromatic carbocycles. The number of esters is 1. The molecule has 0 fully saturated rings. The molecule has 0 saturated heterocycles. The average molecular weight is 463 g/mol. The zero-order chi connectivity index (χ0) is 24.3. The van der Waals surface area contributed by atoms with E-state index < -0.39 is 6.04 Å². The number of hydrazone groups is 1. The van der Waals surface area contributed by atoms with Gasteiger partial charge in [-0.1, -0.05) is 49.4 Å². The van der Waals surface area contributed by atoms with E-state index >= 15 is 0 Å². The smallest absolute Gasteiger partial charge is 0.330 e. The van der Waals surface area contributed by atoms with Gasteiger partial charge in [0.2, 0.25) is 5.89 Å². The Hall–Kier alpha value is -3.61. The van der Waals surface area contributed by atoms with Crippen molar-refractivity contribution in [3.05, 3.63) is 77.2 Å². The van der Waals surface area contributed by atoms with Crippen LogP contribution in [0.15, 0.2) is 64.1 Å². The van der Waals surface area contributed by atoms with Crippen LogP contribution in [0.1, 0.15) is 42.8 Å². The Morgan fingerprint density at radius 1 is 1.12 bits per heavy atom. The van der Waals surface area contributed by atoms with Crippen LogP contribution in [0.3, 0.4) is 0 Å². The summed E-state index contributed by atoms with van der Waals surface area (Å²) in [6, 6.07) is 17.8. The van der Waals surface area contributed by atoms with Gasteiger partial charge in [-0.2, -0.15) is 5.10 Å². The van der Waals surface area contributed by atoms with Gasteiger partial charge in [0.25, 0.3) is 0 Å². The summed E-state index contributed by atoms with van der Waals surface area (Å²) < 4.78 is 11.2. The highest BCUT2D eigenvalue weighted by molar-refractivity contribution is 5.76. The Bertz CT molecular complexity index is 1060. The van der Waals surface area contributed by atoms with Gasteiger partial charge in [0.05, 0.1) is 12.3 Å². The van der Waals surface area contributed by atoms with Crippen LogP contribution in [0.5, 0.6) is 0 Å². The summed E-state index contributed by atoms with van der Waals surface area (Å²) >= 11 is 0. The zero-order valence-corrected chi connectivity index (χ0v) is 20.2. The summed E-state index contributed by atoms with van der Waals surface area (Å²) in [5.41, 5.74) is 9.72. The van der Waals surface area contributed by atoms with Crippen LogP contribution in [-0.2, 0) is 35.2 Å². The normalized spacial score (nSPS) is 12.1. The summed E-state index contributed by atoms with van der Waals surface area (Å²) in [7, 11) is 1.72. The fourth-order valence-corrected chi connectivity index (χ4v) is 3.88. The lowest BCUT2D eigenvalue weighted by atomic mass is 10.0. The molecule has 0 aliphatic carbocycles. The highest BCUT2D eigenvalue weighted by atomic mass is 16.5. The quantitative estimate of drug-likeness (QED) is 0.186. The summed E-state index contributed by atoms with van der Waals surface area (Å²) in [5.74, 6) is 1.34. The Morgan fingerprint density at radius 3 is 2.47 bits per heavy atom. The molecule has 3 rings (SSSR count). The van der Waals surface area contributed by atoms with Crippen LogP contribution < -0.4 is 5.73 Å². The van der Waals surface area contributed by atoms with Crippen molar-refractivity contribution in [3.63, 3.8) is 0 Å². The van der Waals surface area contributed by atoms with Crippen LogP contribution >= 0.6 is 0 Å². The van der Waals surface area contributed by atoms with Crippen LogP contribution in [0.25, 0.3) is 11.5 Å². The predicted octanol–water partition coefficient (Wildman–Crippen LogP) is 4.39. The van der Waals surface area contributed by atoms with Crippen LogP contribution in [0, 0.1) is 0 Å². The standard InChI is InChI=1S/C27H34N4O3/c1-4-25-23(30-26(34-25)22-11-7-6-8-12-22)13-9-10-20-14-16-21(17-15-20)18-24(27(32)33-5-2)31(3)29-19-28/h6-8,11-12,14-17,19,24H,4-5,9-10,13,18H2,1-3H3,(H2,28,29). The van der Waals surface area contributed by atoms with E-state index in [1.807, 2.05) is 30.3 Å². The lowest BCUT2D eigenvalue weighted by molar-refractivity contribution is -0.149. The molecule has 1 unspecified atom stereocenters. The second-order valence-corrected chi connectivity index (χ2v) is 8.09. The lowest BCUT2D eigenvalue weighted by Gasteiger charge is -2.23. The van der Waals surface area contributed by atoms with Crippen molar-refractivity contribution in [2.24, 2.45) is 10.8 Å². The van der Waals surface area contributed by atoms with Gasteiger partial charge in [-0.3, -0.25) is 5.01 Å². The predicted molar refractivity (Wildman–Crippen MR) is 134 cm³/mol. The number of aryl methyl sites for hydroxylation is 3. The Kier molecular flexibility index (Phi) is 9.26. The van der Waals surface area contributed by atoms with Crippen LogP contribution in [-0.4, -0.2) is 42.0 Å². The average Bonchev–Trinajstić information content (AvgIpc) is 3.27. The van der Waals surface area contributed by atoms with Crippen molar-refractivity contribution >= 4 is 12.3 Å². The van der Waals surface area contributed by atoms with Gasteiger partial charge in [-0.05, 0) is 49.4 Å². The molecule has 0 amide bonds. The highest BCUT2D eigenvalue weighted by Crippen LogP contribution is 2.23. The molecule has 0 spiro atoms. The SMILES string of the molecule is CCOC(=O)C(Cc1ccc(CCCc2nc(-c3ccccc3)oc2CC)cc1)N(C)/N=C\N. The highest BCUT2D eigenvalue weighted by Gasteiger charge is 2.24. The molecule has 1 aromatic heterocycles. The van der Waals surface area contributed by atoms with E-state index in [-0.39, 0.29) is 5.97 Å². The van der Waals surface area contributed by atoms with E-state index in [4.69, 9.17) is 19.9 Å². The largest absolute Gasteiger partial charge is 0.464 e. The second kappa shape index (κ2) is 12.6. The van der Waals surface area contributed by atoms with E-state index in [2.05, 4.69) is 36.3 Å². The maximum atomic E-state index is 12.4. The zero-order valence-electron chi connectivity index (χ0n) is 20.2. The first-order chi connectivity index (χ1) is 16.5. The van der Waals surface area contributed by atoms with Crippen LogP contribution in [0.2, 0.25) is 0 Å². The van der Waals surface area contributed by atoms with Crippen molar-refractivity contribution in [1.82, 2.24) is 9.99 Å². The molecule has 0 saturated carbocycles. The fraction of sp³-hybridized carbons (Fsp3) is 0.370. The van der Waals surface area contributed by atoms with E-state index in [1.165, 1.54) is 11.9 Å². The van der Waals surface area contributed by atoms with E-state index in [0.29, 0.717) is 18.9 Å². The van der Waals surface area contributed by atoms with Crippen molar-refractivity contribution in [2.75, 3.05) is 13.7 Å². The van der Waals surface area contributed by atoms with Crippen molar-refractivity contribution in [2.45, 2.75) is 52.0 Å². The molecule has 3 aromatic rings. The second-order valence-electron chi connectivity index (χ2n) is 8.09. The molecule has 1 atom stereocenters. The Morgan fingerprint density at radius 2 is 1.82 bits per heavy atom. The molecule has 34 heavy (non-hydrogen) atoms. The number of hydrogen-bond donors (Lipinski definition) is 1. The number of oxazole rings is 1. The number of aromatic nitrogens is 1. The minimum atomic E-state index is -0.524. The molecule has 7 heteroatoms.